The number of esters is 1. The fourth-order valence-corrected chi connectivity index (χ4v) is 5.59. The van der Waals surface area contributed by atoms with Crippen molar-refractivity contribution in [1.82, 2.24) is 10.2 Å². The van der Waals surface area contributed by atoms with Gasteiger partial charge in [0, 0.05) is 23.1 Å². The quantitative estimate of drug-likeness (QED) is 0.244. The number of alkyl halides is 3. The number of fused-ring (bicyclic) bond motifs is 2. The second-order valence-electron chi connectivity index (χ2n) is 9.90. The van der Waals surface area contributed by atoms with Gasteiger partial charge in [-0.25, -0.2) is 0 Å². The van der Waals surface area contributed by atoms with E-state index in [0.717, 1.165) is 28.3 Å². The number of aromatic nitrogens is 2. The van der Waals surface area contributed by atoms with Crippen LogP contribution in [0.1, 0.15) is 47.1 Å². The van der Waals surface area contributed by atoms with Crippen LogP contribution in [0.15, 0.2) is 73.1 Å². The lowest BCUT2D eigenvalue weighted by molar-refractivity contribution is -0.141. The Labute approximate surface area is 228 Å². The summed E-state index contributed by atoms with van der Waals surface area (Å²) in [6, 6.07) is 17.0. The van der Waals surface area contributed by atoms with E-state index in [1.165, 1.54) is 13.2 Å². The molecule has 0 fully saturated rings. The number of hydrogen-bond donors (Lipinski definition) is 0. The van der Waals surface area contributed by atoms with Crippen molar-refractivity contribution in [2.45, 2.75) is 37.5 Å². The summed E-state index contributed by atoms with van der Waals surface area (Å²) in [6.45, 7) is 0.375. The molecule has 9 heteroatoms. The highest BCUT2D eigenvalue weighted by Gasteiger charge is 2.38. The van der Waals surface area contributed by atoms with E-state index in [9.17, 15) is 18.0 Å². The summed E-state index contributed by atoms with van der Waals surface area (Å²) in [6.07, 6.45) is -0.487. The van der Waals surface area contributed by atoms with Crippen molar-refractivity contribution in [2.75, 3.05) is 13.7 Å². The van der Waals surface area contributed by atoms with Gasteiger partial charge < -0.3 is 14.2 Å². The molecule has 6 rings (SSSR count). The molecule has 204 valence electrons. The molecule has 1 unspecified atom stereocenters. The van der Waals surface area contributed by atoms with E-state index >= 15 is 0 Å². The van der Waals surface area contributed by atoms with Gasteiger partial charge in [0.1, 0.15) is 17.6 Å². The molecule has 1 aromatic heterocycles. The second-order valence-corrected chi connectivity index (χ2v) is 9.90. The predicted molar refractivity (Wildman–Crippen MR) is 141 cm³/mol. The Morgan fingerprint density at radius 2 is 1.75 bits per heavy atom. The molecule has 0 radical (unpaired) electrons. The van der Waals surface area contributed by atoms with Crippen molar-refractivity contribution >= 4 is 5.97 Å². The Balaban J connectivity index is 1.30. The Morgan fingerprint density at radius 3 is 2.48 bits per heavy atom. The molecule has 0 saturated carbocycles. The maximum Gasteiger partial charge on any atom is 0.417 e. The normalized spacial score (nSPS) is 17.6. The molecule has 6 nitrogen and oxygen atoms in total. The molecule has 0 amide bonds. The van der Waals surface area contributed by atoms with Gasteiger partial charge in [0.25, 0.3) is 0 Å². The molecule has 0 saturated heterocycles. The molecule has 0 N–H and O–H groups in total. The maximum absolute atomic E-state index is 14.2. The van der Waals surface area contributed by atoms with Crippen LogP contribution in [-0.4, -0.2) is 29.9 Å². The second kappa shape index (κ2) is 10.3. The number of carbonyl (C=O) groups is 1. The van der Waals surface area contributed by atoms with E-state index in [1.807, 2.05) is 12.1 Å². The van der Waals surface area contributed by atoms with E-state index in [1.54, 1.807) is 48.8 Å². The summed E-state index contributed by atoms with van der Waals surface area (Å²) in [5.74, 6) is 0.810. The molecule has 1 aliphatic carbocycles. The van der Waals surface area contributed by atoms with Crippen molar-refractivity contribution in [2.24, 2.45) is 0 Å². The van der Waals surface area contributed by atoms with E-state index in [2.05, 4.69) is 10.2 Å². The molecule has 0 bridgehead atoms. The third kappa shape index (κ3) is 4.87. The lowest BCUT2D eigenvalue weighted by Crippen LogP contribution is -2.10. The first-order valence-corrected chi connectivity index (χ1v) is 12.9. The molecule has 40 heavy (non-hydrogen) atoms. The van der Waals surface area contributed by atoms with Crippen molar-refractivity contribution < 1.29 is 32.2 Å². The van der Waals surface area contributed by atoms with Gasteiger partial charge in [-0.05, 0) is 58.9 Å². The van der Waals surface area contributed by atoms with Crippen molar-refractivity contribution in [3.63, 3.8) is 0 Å². The Hall–Kier alpha value is -4.40. The minimum absolute atomic E-state index is 0.0896. The first-order chi connectivity index (χ1) is 19.3. The molecular weight excluding hydrogens is 521 g/mol. The van der Waals surface area contributed by atoms with Gasteiger partial charge in [-0.15, -0.1) is 0 Å². The zero-order valence-electron chi connectivity index (χ0n) is 21.6. The highest BCUT2D eigenvalue weighted by Crippen LogP contribution is 2.47. The van der Waals surface area contributed by atoms with Gasteiger partial charge in [0.15, 0.2) is 0 Å². The molecule has 4 aromatic rings. The zero-order chi connectivity index (χ0) is 27.9. The van der Waals surface area contributed by atoms with Crippen LogP contribution in [0.4, 0.5) is 13.2 Å². The van der Waals surface area contributed by atoms with Crippen LogP contribution in [0.25, 0.3) is 22.3 Å². The minimum atomic E-state index is -4.50. The molecule has 2 atom stereocenters. The van der Waals surface area contributed by atoms with Gasteiger partial charge in [0.05, 0.1) is 38.1 Å². The maximum atomic E-state index is 14.2. The SMILES string of the molecule is COC(=O)CC1COc2cc(O[C@@H]3CCc4c3ccc(C(F)(F)F)c4-c3ccc(-c4ccnnc4)cc3)ccc21. The summed E-state index contributed by atoms with van der Waals surface area (Å²) in [5.41, 5.74) is 4.01. The third-order valence-electron chi connectivity index (χ3n) is 7.53. The number of carbonyl (C=O) groups excluding carboxylic acids is 1. The minimum Gasteiger partial charge on any atom is -0.492 e. The molecule has 3 aromatic carbocycles. The van der Waals surface area contributed by atoms with Gasteiger partial charge in [0.2, 0.25) is 0 Å². The number of rotatable bonds is 6. The topological polar surface area (TPSA) is 70.5 Å². The summed E-state index contributed by atoms with van der Waals surface area (Å²) >= 11 is 0. The largest absolute Gasteiger partial charge is 0.492 e. The number of nitrogens with zero attached hydrogens (tertiary/aromatic N) is 2. The average Bonchev–Trinajstić information content (AvgIpc) is 3.56. The van der Waals surface area contributed by atoms with Crippen LogP contribution in [-0.2, 0) is 22.1 Å². The summed E-state index contributed by atoms with van der Waals surface area (Å²) in [7, 11) is 1.36. The number of methoxy groups -OCH3 is 1. The Bertz CT molecular complexity index is 1560. The van der Waals surface area contributed by atoms with Crippen LogP contribution >= 0.6 is 0 Å². The highest BCUT2D eigenvalue weighted by atomic mass is 19.4. The standard InChI is InChI=1S/C31H25F3N2O4/c1-38-29(37)14-21-17-39-28-15-22(6-7-23(21)28)40-27-11-9-25-24(27)8-10-26(31(32,33)34)30(25)19-4-2-18(3-5-19)20-12-13-35-36-16-20/h2-8,10,12-13,15-16,21,27H,9,11,14,17H2,1H3/t21?,27-/m1/s1. The van der Waals surface area contributed by atoms with E-state index in [-0.39, 0.29) is 23.9 Å². The van der Waals surface area contributed by atoms with Crippen LogP contribution in [0.2, 0.25) is 0 Å². The molecule has 0 spiro atoms. The lowest BCUT2D eigenvalue weighted by Gasteiger charge is -2.20. The smallest absolute Gasteiger partial charge is 0.417 e. The highest BCUT2D eigenvalue weighted by molar-refractivity contribution is 5.77. The molecule has 1 aliphatic heterocycles. The Kier molecular flexibility index (Phi) is 6.65. The van der Waals surface area contributed by atoms with Crippen LogP contribution < -0.4 is 9.47 Å². The lowest BCUT2D eigenvalue weighted by atomic mass is 9.90. The van der Waals surface area contributed by atoms with Gasteiger partial charge in [-0.3, -0.25) is 4.79 Å². The fraction of sp³-hybridized carbons (Fsp3) is 0.258. The number of benzene rings is 3. The third-order valence-corrected chi connectivity index (χ3v) is 7.53. The van der Waals surface area contributed by atoms with Crippen molar-refractivity contribution in [3.8, 4) is 33.8 Å². The number of ether oxygens (including phenoxy) is 3. The van der Waals surface area contributed by atoms with Crippen molar-refractivity contribution in [1.29, 1.82) is 0 Å². The first kappa shape index (κ1) is 25.9. The molecular formula is C31H25F3N2O4. The summed E-state index contributed by atoms with van der Waals surface area (Å²) in [5, 5.41) is 7.65. The number of halogens is 3. The van der Waals surface area contributed by atoms with Crippen LogP contribution in [0.5, 0.6) is 11.5 Å². The molecule has 2 aliphatic rings. The summed E-state index contributed by atoms with van der Waals surface area (Å²) < 4.78 is 59.3. The van der Waals surface area contributed by atoms with E-state index in [4.69, 9.17) is 14.2 Å². The summed E-state index contributed by atoms with van der Waals surface area (Å²) in [4.78, 5) is 11.7. The Morgan fingerprint density at radius 1 is 0.975 bits per heavy atom. The average molecular weight is 547 g/mol. The predicted octanol–water partition coefficient (Wildman–Crippen LogP) is 6.93. The fourth-order valence-electron chi connectivity index (χ4n) is 5.59. The monoisotopic (exact) mass is 546 g/mol. The molecule has 2 heterocycles. The van der Waals surface area contributed by atoms with Crippen molar-refractivity contribution in [3.05, 3.63) is 95.3 Å². The zero-order valence-corrected chi connectivity index (χ0v) is 21.6. The van der Waals surface area contributed by atoms with E-state index < -0.39 is 17.8 Å². The van der Waals surface area contributed by atoms with Gasteiger partial charge >= 0.3 is 12.1 Å². The number of hydrogen-bond acceptors (Lipinski definition) is 6. The van der Waals surface area contributed by atoms with Crippen LogP contribution in [0, 0.1) is 0 Å². The van der Waals surface area contributed by atoms with Crippen LogP contribution in [0.3, 0.4) is 0 Å². The van der Waals surface area contributed by atoms with Gasteiger partial charge in [-0.2, -0.15) is 23.4 Å². The first-order valence-electron chi connectivity index (χ1n) is 12.9. The van der Waals surface area contributed by atoms with E-state index in [0.29, 0.717) is 42.1 Å². The van der Waals surface area contributed by atoms with Gasteiger partial charge in [-0.1, -0.05) is 36.4 Å².